The van der Waals surface area contributed by atoms with Crippen LogP contribution in [0.2, 0.25) is 0 Å². The third-order valence-corrected chi connectivity index (χ3v) is 15.1. The number of sulfonamides is 1. The van der Waals surface area contributed by atoms with E-state index in [4.69, 9.17) is 9.97 Å². The summed E-state index contributed by atoms with van der Waals surface area (Å²) < 4.78 is 45.4. The Morgan fingerprint density at radius 2 is 1.75 bits per heavy atom. The summed E-state index contributed by atoms with van der Waals surface area (Å²) in [5, 5.41) is 11.1. The van der Waals surface area contributed by atoms with Crippen molar-refractivity contribution in [3.05, 3.63) is 83.5 Å². The standard InChI is InChI=1S/C46H55FN10O5S2/c1-5-23-64(61,62)54-36-8-6-7-35(40(36)47)41-42(63-44(53-41)46(2,3)4)37-15-19-48-45(51-37)50-32-25-49-57(28-32)27-29-16-20-55(21-17-29)39(59)24-30-18-22-56(26-30)33-11-9-31(10-12-33)34-13-14-38(58)52-43(34)60/h6-12,15,19,25,28-30,34,54H,5,13-14,16-18,20-24,26-27H2,1-4H3,(H,48,50,51)(H,52,58,60)/t30-,34?/m0/s1. The van der Waals surface area contributed by atoms with E-state index in [1.54, 1.807) is 37.5 Å². The van der Waals surface area contributed by atoms with E-state index in [0.717, 1.165) is 48.6 Å². The van der Waals surface area contributed by atoms with Gasteiger partial charge in [-0.05, 0) is 79.8 Å². The number of amides is 3. The summed E-state index contributed by atoms with van der Waals surface area (Å²) in [5.41, 5.74) is 3.30. The molecule has 6 heterocycles. The molecule has 3 amide bonds. The van der Waals surface area contributed by atoms with Crippen molar-refractivity contribution in [2.45, 2.75) is 90.5 Å². The van der Waals surface area contributed by atoms with Crippen molar-refractivity contribution in [2.24, 2.45) is 11.8 Å². The molecule has 0 saturated carbocycles. The number of hydrogen-bond donors (Lipinski definition) is 3. The molecule has 15 nitrogen and oxygen atoms in total. The van der Waals surface area contributed by atoms with E-state index in [-0.39, 0.29) is 52.0 Å². The number of aromatic nitrogens is 5. The maximum atomic E-state index is 16.1. The molecular formula is C46H55FN10O5S2. The molecule has 2 atom stereocenters. The zero-order valence-electron chi connectivity index (χ0n) is 36.6. The van der Waals surface area contributed by atoms with Gasteiger partial charge in [-0.25, -0.2) is 27.8 Å². The summed E-state index contributed by atoms with van der Waals surface area (Å²) >= 11 is 1.41. The molecule has 0 aliphatic carbocycles. The number of rotatable bonds is 14. The fraction of sp³-hybridized carbons (Fsp3) is 0.457. The van der Waals surface area contributed by atoms with Crippen LogP contribution < -0.4 is 20.3 Å². The lowest BCUT2D eigenvalue weighted by Crippen LogP contribution is -2.40. The van der Waals surface area contributed by atoms with Gasteiger partial charge in [-0.2, -0.15) is 5.10 Å². The van der Waals surface area contributed by atoms with Crippen LogP contribution in [-0.4, -0.2) is 87.7 Å². The fourth-order valence-corrected chi connectivity index (χ4v) is 10.9. The molecule has 3 aromatic heterocycles. The van der Waals surface area contributed by atoms with Crippen LogP contribution in [0, 0.1) is 17.7 Å². The Kier molecular flexibility index (Phi) is 13.1. The zero-order chi connectivity index (χ0) is 45.2. The average molecular weight is 911 g/mol. The number of anilines is 4. The fourth-order valence-electron chi connectivity index (χ4n) is 8.65. The van der Waals surface area contributed by atoms with Gasteiger partial charge in [-0.1, -0.05) is 45.9 Å². The molecule has 5 aromatic rings. The molecule has 2 aromatic carbocycles. The molecule has 64 heavy (non-hydrogen) atoms. The first-order chi connectivity index (χ1) is 30.6. The van der Waals surface area contributed by atoms with Gasteiger partial charge in [0.15, 0.2) is 5.82 Å². The largest absolute Gasteiger partial charge is 0.371 e. The number of halogens is 1. The number of imide groups is 1. The summed E-state index contributed by atoms with van der Waals surface area (Å²) in [4.78, 5) is 56.4. The van der Waals surface area contributed by atoms with Crippen molar-refractivity contribution in [3.8, 4) is 21.8 Å². The minimum Gasteiger partial charge on any atom is -0.371 e. The number of benzene rings is 2. The van der Waals surface area contributed by atoms with Gasteiger partial charge in [0.2, 0.25) is 33.7 Å². The maximum Gasteiger partial charge on any atom is 0.234 e. The van der Waals surface area contributed by atoms with Crippen LogP contribution in [0.1, 0.15) is 89.1 Å². The number of likely N-dealkylation sites (tertiary alicyclic amines) is 1. The van der Waals surface area contributed by atoms with E-state index >= 15 is 4.39 Å². The second-order valence-corrected chi connectivity index (χ2v) is 20.9. The topological polar surface area (TPSA) is 184 Å². The summed E-state index contributed by atoms with van der Waals surface area (Å²) in [6.07, 6.45) is 9.81. The second kappa shape index (κ2) is 18.8. The monoisotopic (exact) mass is 910 g/mol. The average Bonchev–Trinajstić information content (AvgIpc) is 4.03. The molecule has 3 aliphatic heterocycles. The number of piperidine rings is 2. The number of carbonyl (C=O) groups is 3. The Labute approximate surface area is 377 Å². The molecule has 3 saturated heterocycles. The quantitative estimate of drug-likeness (QED) is 0.0940. The van der Waals surface area contributed by atoms with Crippen LogP contribution in [0.15, 0.2) is 67.1 Å². The van der Waals surface area contributed by atoms with Crippen LogP contribution in [0.4, 0.5) is 27.4 Å². The number of hydrogen-bond acceptors (Lipinski definition) is 12. The van der Waals surface area contributed by atoms with Gasteiger partial charge >= 0.3 is 0 Å². The minimum absolute atomic E-state index is 0.122. The Hall–Kier alpha value is -5.75. The first kappa shape index (κ1) is 44.8. The predicted molar refractivity (Wildman–Crippen MR) is 246 cm³/mol. The molecule has 3 aliphatic rings. The lowest BCUT2D eigenvalue weighted by molar-refractivity contribution is -0.135. The van der Waals surface area contributed by atoms with Crippen LogP contribution in [0.5, 0.6) is 0 Å². The maximum absolute atomic E-state index is 16.1. The van der Waals surface area contributed by atoms with E-state index in [2.05, 4.69) is 30.3 Å². The molecule has 8 rings (SSSR count). The van der Waals surface area contributed by atoms with Crippen molar-refractivity contribution >= 4 is 62.1 Å². The lowest BCUT2D eigenvalue weighted by atomic mass is 9.90. The molecule has 0 spiro atoms. The van der Waals surface area contributed by atoms with Gasteiger partial charge in [0.1, 0.15) is 0 Å². The zero-order valence-corrected chi connectivity index (χ0v) is 38.3. The second-order valence-electron chi connectivity index (χ2n) is 18.1. The van der Waals surface area contributed by atoms with Crippen LogP contribution >= 0.6 is 11.3 Å². The lowest BCUT2D eigenvalue weighted by Gasteiger charge is -2.32. The molecule has 18 heteroatoms. The van der Waals surface area contributed by atoms with Crippen molar-refractivity contribution in [2.75, 3.05) is 46.9 Å². The smallest absolute Gasteiger partial charge is 0.234 e. The number of nitrogens with one attached hydrogen (secondary N) is 3. The highest BCUT2D eigenvalue weighted by atomic mass is 32.2. The predicted octanol–water partition coefficient (Wildman–Crippen LogP) is 7.47. The van der Waals surface area contributed by atoms with Gasteiger partial charge < -0.3 is 15.1 Å². The molecule has 3 N–H and O–H groups in total. The first-order valence-corrected chi connectivity index (χ1v) is 24.5. The normalized spacial score (nSPS) is 18.6. The Morgan fingerprint density at radius 3 is 2.48 bits per heavy atom. The third kappa shape index (κ3) is 10.4. The van der Waals surface area contributed by atoms with E-state index in [9.17, 15) is 22.8 Å². The van der Waals surface area contributed by atoms with E-state index in [1.807, 2.05) is 60.8 Å². The first-order valence-electron chi connectivity index (χ1n) is 22.0. The van der Waals surface area contributed by atoms with E-state index < -0.39 is 15.8 Å². The molecule has 1 unspecified atom stereocenters. The van der Waals surface area contributed by atoms with Gasteiger partial charge in [0.05, 0.1) is 50.5 Å². The van der Waals surface area contributed by atoms with Crippen molar-refractivity contribution in [1.29, 1.82) is 0 Å². The Bertz CT molecular complexity index is 2620. The number of thiazole rings is 1. The van der Waals surface area contributed by atoms with Gasteiger partial charge in [-0.3, -0.25) is 29.1 Å². The third-order valence-electron chi connectivity index (χ3n) is 12.1. The van der Waals surface area contributed by atoms with Gasteiger partial charge in [0, 0.05) is 74.6 Å². The highest BCUT2D eigenvalue weighted by molar-refractivity contribution is 7.92. The summed E-state index contributed by atoms with van der Waals surface area (Å²) in [6, 6.07) is 14.4. The van der Waals surface area contributed by atoms with Gasteiger partial charge in [0.25, 0.3) is 0 Å². The van der Waals surface area contributed by atoms with Crippen molar-refractivity contribution in [3.63, 3.8) is 0 Å². The molecule has 0 bridgehead atoms. The summed E-state index contributed by atoms with van der Waals surface area (Å²) in [7, 11) is -3.72. The van der Waals surface area contributed by atoms with E-state index in [0.29, 0.717) is 79.1 Å². The molecule has 338 valence electrons. The SMILES string of the molecule is CCCS(=O)(=O)Nc1cccc(-c2nc(C(C)(C)C)sc2-c2ccnc(Nc3cnn(CC4CCN(C(=O)C[C@@H]5CCN(c6ccc(C7CCC(=O)NC7=O)cc6)C5)CC4)c3)n2)c1F. The number of carbonyl (C=O) groups excluding carboxylic acids is 3. The van der Waals surface area contributed by atoms with Crippen LogP contribution in [-0.2, 0) is 36.4 Å². The van der Waals surface area contributed by atoms with Crippen LogP contribution in [0.25, 0.3) is 21.8 Å². The summed E-state index contributed by atoms with van der Waals surface area (Å²) in [5.74, 6) is -0.392. The van der Waals surface area contributed by atoms with Crippen LogP contribution in [0.3, 0.4) is 0 Å². The van der Waals surface area contributed by atoms with Crippen molar-refractivity contribution in [1.82, 2.24) is 34.9 Å². The van der Waals surface area contributed by atoms with Gasteiger partial charge in [-0.15, -0.1) is 11.3 Å². The molecular weight excluding hydrogens is 856 g/mol. The van der Waals surface area contributed by atoms with Crippen molar-refractivity contribution < 1.29 is 27.2 Å². The van der Waals surface area contributed by atoms with E-state index in [1.165, 1.54) is 17.4 Å². The summed E-state index contributed by atoms with van der Waals surface area (Å²) in [6.45, 7) is 11.7. The molecule has 3 fully saturated rings. The highest BCUT2D eigenvalue weighted by Crippen LogP contribution is 2.42. The Morgan fingerprint density at radius 1 is 0.984 bits per heavy atom. The number of nitrogens with zero attached hydrogens (tertiary/aromatic N) is 7. The highest BCUT2D eigenvalue weighted by Gasteiger charge is 2.31. The minimum atomic E-state index is -3.72. The molecule has 0 radical (unpaired) electrons. The Balaban J connectivity index is 0.846.